The molecule has 26 heavy (non-hydrogen) atoms. The van der Waals surface area contributed by atoms with E-state index >= 15 is 0 Å². The predicted molar refractivity (Wildman–Crippen MR) is 96.7 cm³/mol. The Labute approximate surface area is 152 Å². The molecule has 2 saturated heterocycles. The number of nitrogens with zero attached hydrogens (tertiary/aromatic N) is 1. The van der Waals surface area contributed by atoms with Gasteiger partial charge in [0, 0.05) is 37.1 Å². The van der Waals surface area contributed by atoms with E-state index in [-0.39, 0.29) is 23.8 Å². The summed E-state index contributed by atoms with van der Waals surface area (Å²) in [6, 6.07) is 6.29. The van der Waals surface area contributed by atoms with Gasteiger partial charge in [-0.1, -0.05) is 12.6 Å². The fourth-order valence-corrected chi connectivity index (χ4v) is 3.37. The van der Waals surface area contributed by atoms with Gasteiger partial charge in [-0.2, -0.15) is 0 Å². The molecule has 0 spiro atoms. The van der Waals surface area contributed by atoms with Crippen LogP contribution in [-0.2, 0) is 14.3 Å². The van der Waals surface area contributed by atoms with Crippen molar-refractivity contribution in [2.45, 2.75) is 31.3 Å². The number of carbonyl (C=O) groups excluding carboxylic acids is 3. The second-order valence-corrected chi connectivity index (χ2v) is 6.46. The molecular weight excluding hydrogens is 334 g/mol. The Kier molecular flexibility index (Phi) is 5.68. The lowest BCUT2D eigenvalue weighted by Gasteiger charge is -2.31. The third-order valence-corrected chi connectivity index (χ3v) is 4.75. The Morgan fingerprint density at radius 1 is 1.23 bits per heavy atom. The van der Waals surface area contributed by atoms with Crippen molar-refractivity contribution in [2.24, 2.45) is 0 Å². The van der Waals surface area contributed by atoms with Crippen molar-refractivity contribution < 1.29 is 19.1 Å². The third kappa shape index (κ3) is 4.11. The summed E-state index contributed by atoms with van der Waals surface area (Å²) in [5.41, 5.74) is 0.897. The highest BCUT2D eigenvalue weighted by molar-refractivity contribution is 6.01. The molecular formula is C19H23N3O4. The van der Waals surface area contributed by atoms with Crippen LogP contribution in [0, 0.1) is 0 Å². The monoisotopic (exact) mass is 357 g/mol. The van der Waals surface area contributed by atoms with Crippen molar-refractivity contribution in [2.75, 3.05) is 25.1 Å². The van der Waals surface area contributed by atoms with Crippen molar-refractivity contribution in [1.29, 1.82) is 0 Å². The van der Waals surface area contributed by atoms with E-state index in [0.29, 0.717) is 37.4 Å². The number of benzene rings is 1. The Morgan fingerprint density at radius 2 is 2.00 bits per heavy atom. The Bertz CT molecular complexity index is 712. The Morgan fingerprint density at radius 3 is 2.73 bits per heavy atom. The largest absolute Gasteiger partial charge is 0.381 e. The highest BCUT2D eigenvalue weighted by atomic mass is 16.5. The number of nitrogens with one attached hydrogen (secondary N) is 2. The standard InChI is InChI=1S/C19H23N3O4/c1-2-17(23)20-14-5-3-4-13(12-14)18(24)21-16-6-9-22(19(16)25)15-7-10-26-11-8-15/h2-5,12,15-16H,1,6-11H2,(H,20,23)(H,21,24). The number of anilines is 1. The van der Waals surface area contributed by atoms with Crippen molar-refractivity contribution in [3.63, 3.8) is 0 Å². The van der Waals surface area contributed by atoms with Crippen LogP contribution in [0.2, 0.25) is 0 Å². The zero-order valence-electron chi connectivity index (χ0n) is 14.6. The van der Waals surface area contributed by atoms with E-state index in [9.17, 15) is 14.4 Å². The van der Waals surface area contributed by atoms with E-state index in [4.69, 9.17) is 4.74 Å². The number of rotatable bonds is 5. The summed E-state index contributed by atoms with van der Waals surface area (Å²) in [5, 5.41) is 5.43. The van der Waals surface area contributed by atoms with Crippen molar-refractivity contribution in [1.82, 2.24) is 10.2 Å². The summed E-state index contributed by atoms with van der Waals surface area (Å²) >= 11 is 0. The third-order valence-electron chi connectivity index (χ3n) is 4.75. The van der Waals surface area contributed by atoms with Crippen LogP contribution in [-0.4, -0.2) is 54.5 Å². The fourth-order valence-electron chi connectivity index (χ4n) is 3.37. The molecule has 1 atom stereocenters. The second kappa shape index (κ2) is 8.14. The number of likely N-dealkylation sites (tertiary alicyclic amines) is 1. The van der Waals surface area contributed by atoms with Gasteiger partial charge >= 0.3 is 0 Å². The first-order valence-corrected chi connectivity index (χ1v) is 8.81. The van der Waals surface area contributed by atoms with Crippen LogP contribution in [0.25, 0.3) is 0 Å². The van der Waals surface area contributed by atoms with Crippen molar-refractivity contribution in [3.05, 3.63) is 42.5 Å². The van der Waals surface area contributed by atoms with Crippen LogP contribution in [0.1, 0.15) is 29.6 Å². The zero-order valence-corrected chi connectivity index (χ0v) is 14.6. The van der Waals surface area contributed by atoms with Crippen molar-refractivity contribution >= 4 is 23.4 Å². The first-order valence-electron chi connectivity index (χ1n) is 8.81. The average Bonchev–Trinajstić information content (AvgIpc) is 3.03. The summed E-state index contributed by atoms with van der Waals surface area (Å²) in [6.45, 7) is 5.40. The highest BCUT2D eigenvalue weighted by Crippen LogP contribution is 2.22. The summed E-state index contributed by atoms with van der Waals surface area (Å²) in [6.07, 6.45) is 3.46. The minimum atomic E-state index is -0.503. The van der Waals surface area contributed by atoms with E-state index in [2.05, 4.69) is 17.2 Å². The topological polar surface area (TPSA) is 87.7 Å². The smallest absolute Gasteiger partial charge is 0.252 e. The summed E-state index contributed by atoms with van der Waals surface area (Å²) < 4.78 is 5.35. The molecule has 3 rings (SSSR count). The number of amides is 3. The normalized spacial score (nSPS) is 20.7. The number of carbonyl (C=O) groups is 3. The van der Waals surface area contributed by atoms with Gasteiger partial charge in [-0.3, -0.25) is 14.4 Å². The Balaban J connectivity index is 1.61. The molecule has 7 heteroatoms. The van der Waals surface area contributed by atoms with Crippen LogP contribution in [0.4, 0.5) is 5.69 Å². The summed E-state index contributed by atoms with van der Waals surface area (Å²) in [4.78, 5) is 38.4. The zero-order chi connectivity index (χ0) is 18.5. The summed E-state index contributed by atoms with van der Waals surface area (Å²) in [7, 11) is 0. The average molecular weight is 357 g/mol. The molecule has 0 aliphatic carbocycles. The molecule has 1 aromatic carbocycles. The van der Waals surface area contributed by atoms with Gasteiger partial charge < -0.3 is 20.3 Å². The quantitative estimate of drug-likeness (QED) is 0.778. The molecule has 7 nitrogen and oxygen atoms in total. The summed E-state index contributed by atoms with van der Waals surface area (Å²) in [5.74, 6) is -0.700. The van der Waals surface area contributed by atoms with E-state index in [1.165, 1.54) is 0 Å². The van der Waals surface area contributed by atoms with Crippen molar-refractivity contribution in [3.8, 4) is 0 Å². The van der Waals surface area contributed by atoms with E-state index in [0.717, 1.165) is 18.9 Å². The van der Waals surface area contributed by atoms with Gasteiger partial charge in [-0.05, 0) is 43.5 Å². The molecule has 0 aromatic heterocycles. The maximum absolute atomic E-state index is 12.6. The second-order valence-electron chi connectivity index (χ2n) is 6.46. The van der Waals surface area contributed by atoms with Crippen LogP contribution < -0.4 is 10.6 Å². The van der Waals surface area contributed by atoms with Crippen LogP contribution in [0.3, 0.4) is 0 Å². The maximum Gasteiger partial charge on any atom is 0.252 e. The molecule has 0 saturated carbocycles. The lowest BCUT2D eigenvalue weighted by atomic mass is 10.1. The minimum Gasteiger partial charge on any atom is -0.381 e. The highest BCUT2D eigenvalue weighted by Gasteiger charge is 2.37. The molecule has 0 radical (unpaired) electrons. The molecule has 138 valence electrons. The van der Waals surface area contributed by atoms with Crippen LogP contribution in [0.5, 0.6) is 0 Å². The van der Waals surface area contributed by atoms with Gasteiger partial charge in [-0.25, -0.2) is 0 Å². The molecule has 2 N–H and O–H groups in total. The van der Waals surface area contributed by atoms with E-state index in [1.807, 2.05) is 4.90 Å². The fraction of sp³-hybridized carbons (Fsp3) is 0.421. The minimum absolute atomic E-state index is 0.0265. The number of hydrogen-bond acceptors (Lipinski definition) is 4. The molecule has 2 heterocycles. The van der Waals surface area contributed by atoms with E-state index in [1.54, 1.807) is 24.3 Å². The molecule has 3 amide bonds. The van der Waals surface area contributed by atoms with Gasteiger partial charge in [-0.15, -0.1) is 0 Å². The molecule has 2 fully saturated rings. The van der Waals surface area contributed by atoms with Gasteiger partial charge in [0.25, 0.3) is 5.91 Å². The number of ether oxygens (including phenoxy) is 1. The first kappa shape index (κ1) is 18.1. The number of hydrogen-bond donors (Lipinski definition) is 2. The molecule has 2 aliphatic rings. The van der Waals surface area contributed by atoms with Crippen LogP contribution >= 0.6 is 0 Å². The maximum atomic E-state index is 12.6. The lowest BCUT2D eigenvalue weighted by molar-refractivity contribution is -0.132. The van der Waals surface area contributed by atoms with Gasteiger partial charge in [0.1, 0.15) is 6.04 Å². The predicted octanol–water partition coefficient (Wildman–Crippen LogP) is 1.32. The SMILES string of the molecule is C=CC(=O)Nc1cccc(C(=O)NC2CCN(C3CCOCC3)C2=O)c1. The van der Waals surface area contributed by atoms with Gasteiger partial charge in [0.05, 0.1) is 0 Å². The van der Waals surface area contributed by atoms with Crippen LogP contribution in [0.15, 0.2) is 36.9 Å². The molecule has 1 unspecified atom stereocenters. The van der Waals surface area contributed by atoms with Gasteiger partial charge in [0.2, 0.25) is 11.8 Å². The molecule has 2 aliphatic heterocycles. The first-order chi connectivity index (χ1) is 12.6. The van der Waals surface area contributed by atoms with E-state index < -0.39 is 6.04 Å². The molecule has 1 aromatic rings. The van der Waals surface area contributed by atoms with Gasteiger partial charge in [0.15, 0.2) is 0 Å². The Hall–Kier alpha value is -2.67. The lowest BCUT2D eigenvalue weighted by Crippen LogP contribution is -2.46. The molecule has 0 bridgehead atoms.